The summed E-state index contributed by atoms with van der Waals surface area (Å²) >= 11 is 6.14. The van der Waals surface area contributed by atoms with Crippen LogP contribution in [0.5, 0.6) is 0 Å². The van der Waals surface area contributed by atoms with Crippen LogP contribution in [0.4, 0.5) is 23.8 Å². The van der Waals surface area contributed by atoms with Crippen molar-refractivity contribution in [1.29, 1.82) is 21.0 Å². The minimum atomic E-state index is -0.00218. The van der Waals surface area contributed by atoms with Crippen LogP contribution in [0.1, 0.15) is 162 Å². The van der Waals surface area contributed by atoms with E-state index < -0.39 is 0 Å². The Morgan fingerprint density at radius 1 is 0.548 bits per heavy atom. The average molecular weight is 1320 g/mol. The van der Waals surface area contributed by atoms with E-state index in [0.29, 0.717) is 93.4 Å². The van der Waals surface area contributed by atoms with Gasteiger partial charge in [0.05, 0.1) is 42.9 Å². The molecule has 0 radical (unpaired) electrons. The first kappa shape index (κ1) is 70.0. The quantitative estimate of drug-likeness (QED) is 0.0281. The van der Waals surface area contributed by atoms with Gasteiger partial charge in [-0.3, -0.25) is 4.68 Å². The molecule has 0 bridgehead atoms. The fourth-order valence-corrected chi connectivity index (χ4v) is 13.6. The number of nitrogens with one attached hydrogen (secondary N) is 8. The number of allylic oxidation sites excluding steroid dienone is 8. The molecule has 4 aliphatic heterocycles. The molecule has 2 aliphatic carbocycles. The molecular formula is C66H81N23S4. The summed E-state index contributed by atoms with van der Waals surface area (Å²) < 4.78 is 1.78. The summed E-state index contributed by atoms with van der Waals surface area (Å²) in [5, 5.41) is 80.1. The normalized spacial score (nSPS) is 18.1. The Morgan fingerprint density at radius 2 is 0.935 bits per heavy atom. The molecule has 5 aromatic rings. The maximum Gasteiger partial charge on any atom is 0.223 e. The molecule has 0 atom stereocenters. The van der Waals surface area contributed by atoms with Crippen LogP contribution in [0.2, 0.25) is 0 Å². The number of aromatic nitrogens is 11. The van der Waals surface area contributed by atoms with Crippen molar-refractivity contribution in [2.45, 2.75) is 157 Å². The summed E-state index contributed by atoms with van der Waals surface area (Å²) in [4.78, 5) is 39.0. The van der Waals surface area contributed by atoms with E-state index in [2.05, 4.69) is 183 Å². The Labute approximate surface area is 563 Å². The van der Waals surface area contributed by atoms with Crippen LogP contribution >= 0.6 is 47.0 Å². The van der Waals surface area contributed by atoms with Gasteiger partial charge in [0.1, 0.15) is 59.2 Å². The highest BCUT2D eigenvalue weighted by atomic mass is 32.2. The predicted molar refractivity (Wildman–Crippen MR) is 377 cm³/mol. The Hall–Kier alpha value is -8.86. The van der Waals surface area contributed by atoms with E-state index in [4.69, 9.17) is 0 Å². The van der Waals surface area contributed by atoms with Gasteiger partial charge in [0.15, 0.2) is 0 Å². The molecule has 2 saturated carbocycles. The number of anilines is 4. The summed E-state index contributed by atoms with van der Waals surface area (Å²) in [6.45, 7) is 19.2. The first-order chi connectivity index (χ1) is 45.2. The Balaban J connectivity index is 0.000000160. The maximum absolute atomic E-state index is 9.66. The number of nitriles is 4. The van der Waals surface area contributed by atoms with E-state index in [1.165, 1.54) is 87.6 Å². The number of hydrogen-bond donors (Lipinski definition) is 8. The largest absolute Gasteiger partial charge is 0.354 e. The van der Waals surface area contributed by atoms with E-state index >= 15 is 0 Å². The molecule has 6 aliphatic rings. The van der Waals surface area contributed by atoms with Gasteiger partial charge in [-0.15, -0.1) is 0 Å². The lowest BCUT2D eigenvalue weighted by Gasteiger charge is -2.22. The molecule has 0 unspecified atom stereocenters. The summed E-state index contributed by atoms with van der Waals surface area (Å²) in [6.07, 6.45) is 24.6. The zero-order valence-corrected chi connectivity index (χ0v) is 57.2. The SMILES string of the molecule is CC(C)(C)C1=CSC(=C(C#N)c2ccnc(NCCCn3cncn3)n2)N1.CCC1=CSC(=C(C#N)c2ccnc(NC3CCCC3)n2)N1.CCC1=CSC(=C(C#N)c2ccnc(NC3CCCCC3)n2)N1.CCC1=CSC(=C(C#N)c2ccnc(NCC(C)C)n2)N1. The van der Waals surface area contributed by atoms with Crippen molar-refractivity contribution in [3.05, 3.63) is 149 Å². The van der Waals surface area contributed by atoms with Gasteiger partial charge in [-0.2, -0.15) is 26.1 Å². The lowest BCUT2D eigenvalue weighted by molar-refractivity contribution is 0.461. The molecule has 93 heavy (non-hydrogen) atoms. The summed E-state index contributed by atoms with van der Waals surface area (Å²) in [5.41, 5.74) is 9.26. The van der Waals surface area contributed by atoms with Crippen LogP contribution in [0.3, 0.4) is 0 Å². The highest BCUT2D eigenvalue weighted by Gasteiger charge is 2.26. The van der Waals surface area contributed by atoms with Gasteiger partial charge in [-0.05, 0) is 103 Å². The second-order valence-electron chi connectivity index (χ2n) is 23.4. The average Bonchev–Trinajstić information content (AvgIpc) is 2.37. The minimum Gasteiger partial charge on any atom is -0.354 e. The van der Waals surface area contributed by atoms with E-state index in [-0.39, 0.29) is 5.41 Å². The number of nitrogens with zero attached hydrogens (tertiary/aromatic N) is 15. The van der Waals surface area contributed by atoms with Gasteiger partial charge < -0.3 is 42.5 Å². The molecule has 0 aromatic carbocycles. The van der Waals surface area contributed by atoms with Crippen LogP contribution in [-0.4, -0.2) is 79.8 Å². The van der Waals surface area contributed by atoms with Crippen molar-refractivity contribution < 1.29 is 0 Å². The molecular weight excluding hydrogens is 1240 g/mol. The third-order valence-electron chi connectivity index (χ3n) is 14.9. The van der Waals surface area contributed by atoms with Crippen LogP contribution in [-0.2, 0) is 6.54 Å². The topological polar surface area (TPSA) is 325 Å². The lowest BCUT2D eigenvalue weighted by Crippen LogP contribution is -2.23. The smallest absolute Gasteiger partial charge is 0.223 e. The first-order valence-corrected chi connectivity index (χ1v) is 35.0. The molecule has 2 fully saturated rings. The van der Waals surface area contributed by atoms with Crippen molar-refractivity contribution in [3.8, 4) is 24.3 Å². The van der Waals surface area contributed by atoms with Gasteiger partial charge in [0, 0.05) is 84.7 Å². The predicted octanol–water partition coefficient (Wildman–Crippen LogP) is 13.9. The van der Waals surface area contributed by atoms with Gasteiger partial charge in [0.2, 0.25) is 23.8 Å². The zero-order chi connectivity index (χ0) is 66.0. The van der Waals surface area contributed by atoms with Gasteiger partial charge in [-0.1, -0.05) is 135 Å². The van der Waals surface area contributed by atoms with Crippen molar-refractivity contribution in [3.63, 3.8) is 0 Å². The molecule has 23 nitrogen and oxygen atoms in total. The fraction of sp³-hybridized carbons (Fsp3) is 0.424. The Bertz CT molecular complexity index is 3800. The molecule has 8 N–H and O–H groups in total. The van der Waals surface area contributed by atoms with E-state index in [1.807, 2.05) is 10.8 Å². The van der Waals surface area contributed by atoms with E-state index in [9.17, 15) is 21.0 Å². The lowest BCUT2D eigenvalue weighted by atomic mass is 9.93. The number of hydrogen-bond acceptors (Lipinski definition) is 26. The van der Waals surface area contributed by atoms with Crippen molar-refractivity contribution in [2.24, 2.45) is 11.3 Å². The second-order valence-corrected chi connectivity index (χ2v) is 26.9. The Kier molecular flexibility index (Phi) is 27.0. The second kappa shape index (κ2) is 35.8. The zero-order valence-electron chi connectivity index (χ0n) is 54.0. The summed E-state index contributed by atoms with van der Waals surface area (Å²) in [5.74, 6) is 2.81. The minimum absolute atomic E-state index is 0.00218. The molecule has 0 spiro atoms. The van der Waals surface area contributed by atoms with Crippen LogP contribution in [0, 0.1) is 56.7 Å². The number of thioether (sulfide) groups is 4. The highest BCUT2D eigenvalue weighted by Crippen LogP contribution is 2.39. The first-order valence-electron chi connectivity index (χ1n) is 31.5. The summed E-state index contributed by atoms with van der Waals surface area (Å²) in [7, 11) is 0. The van der Waals surface area contributed by atoms with Gasteiger partial charge >= 0.3 is 0 Å². The van der Waals surface area contributed by atoms with Crippen molar-refractivity contribution in [1.82, 2.24) is 75.9 Å². The highest BCUT2D eigenvalue weighted by molar-refractivity contribution is 8.07. The molecule has 9 heterocycles. The standard InChI is InChI=1S/C18H22N8S.C17H21N5S.C16H19N5S.C15H19N5S/c1-18(2,3)15-10-27-16(25-15)13(9-19)14-5-7-22-17(24-14)21-6-4-8-26-12-20-11-23-26;1-2-12-11-23-16(20-12)14(10-18)15-8-9-19-17(22-15)21-13-6-4-3-5-7-13;1-2-11-10-22-15(19-11)13(9-17)14-7-8-18-16(21-14)20-12-5-3-4-6-12;1-4-11-9-21-14(19-11)12(7-16)13-5-6-17-15(20-13)18-8-10(2)3/h5,7,10-12,25H,4,6,8H2,1-3H3,(H,21,22,24);8-9,11,13,20H,2-7H2,1H3,(H,19,21,22);7-8,10,12,19H,2-6H2,1H3,(H,18,20,21);5-6,9-10,19H,4,8H2,1-3H3,(H,17,18,20). The molecule has 0 amide bonds. The third kappa shape index (κ3) is 21.1. The number of rotatable bonds is 19. The van der Waals surface area contributed by atoms with Gasteiger partial charge in [-0.25, -0.2) is 44.9 Å². The summed E-state index contributed by atoms with van der Waals surface area (Å²) in [6, 6.07) is 17.1. The van der Waals surface area contributed by atoms with E-state index in [1.54, 1.807) is 83.6 Å². The monoisotopic (exact) mass is 1320 g/mol. The molecule has 0 saturated heterocycles. The maximum atomic E-state index is 9.66. The van der Waals surface area contributed by atoms with Crippen LogP contribution < -0.4 is 42.5 Å². The fourth-order valence-electron chi connectivity index (χ4n) is 9.63. The van der Waals surface area contributed by atoms with Crippen LogP contribution in [0.25, 0.3) is 22.3 Å². The molecule has 5 aromatic heterocycles. The van der Waals surface area contributed by atoms with Gasteiger partial charge in [0.25, 0.3) is 0 Å². The van der Waals surface area contributed by atoms with Crippen molar-refractivity contribution in [2.75, 3.05) is 34.4 Å². The molecule has 484 valence electrons. The van der Waals surface area contributed by atoms with Crippen molar-refractivity contribution >= 4 is 93.1 Å². The molecule has 27 heteroatoms. The van der Waals surface area contributed by atoms with Crippen LogP contribution in [0.15, 0.2) is 126 Å². The number of aryl methyl sites for hydroxylation is 1. The Morgan fingerprint density at radius 3 is 1.30 bits per heavy atom. The molecule has 11 rings (SSSR count). The third-order valence-corrected chi connectivity index (χ3v) is 18.6. The van der Waals surface area contributed by atoms with E-state index in [0.717, 1.165) is 81.7 Å².